The summed E-state index contributed by atoms with van der Waals surface area (Å²) < 4.78 is 4.79. The molecule has 1 saturated heterocycles. The van der Waals surface area contributed by atoms with Crippen LogP contribution in [0.25, 0.3) is 11.4 Å². The first-order valence-electron chi connectivity index (χ1n) is 7.69. The molecule has 1 aliphatic rings. The molecule has 0 radical (unpaired) electrons. The average molecular weight is 303 g/mol. The molecule has 22 heavy (non-hydrogen) atoms. The van der Waals surface area contributed by atoms with Gasteiger partial charge in [-0.1, -0.05) is 5.16 Å². The normalized spacial score (nSPS) is 16.8. The van der Waals surface area contributed by atoms with Gasteiger partial charge in [-0.2, -0.15) is 4.98 Å². The molecule has 0 aliphatic carbocycles. The monoisotopic (exact) mass is 303 g/mol. The third-order valence-electron chi connectivity index (χ3n) is 3.91. The van der Waals surface area contributed by atoms with Crippen LogP contribution < -0.4 is 5.32 Å². The van der Waals surface area contributed by atoms with Gasteiger partial charge < -0.3 is 19.8 Å². The molecule has 2 aromatic heterocycles. The van der Waals surface area contributed by atoms with Crippen LogP contribution in [0.1, 0.15) is 19.3 Å². The first kappa shape index (κ1) is 14.9. The number of piperidine rings is 1. The van der Waals surface area contributed by atoms with Crippen LogP contribution in [0.5, 0.6) is 0 Å². The van der Waals surface area contributed by atoms with E-state index in [0.29, 0.717) is 5.82 Å². The van der Waals surface area contributed by atoms with E-state index in [2.05, 4.69) is 25.3 Å². The SMILES string of the molecule is OC1CCN(CCCNc2ncccc2-c2ncon2)CC1. The van der Waals surface area contributed by atoms with Crippen LogP contribution in [0.15, 0.2) is 29.2 Å². The van der Waals surface area contributed by atoms with Gasteiger partial charge in [0, 0.05) is 25.8 Å². The van der Waals surface area contributed by atoms with Gasteiger partial charge in [-0.3, -0.25) is 0 Å². The molecular weight excluding hydrogens is 282 g/mol. The zero-order valence-electron chi connectivity index (χ0n) is 12.5. The zero-order valence-corrected chi connectivity index (χ0v) is 12.5. The first-order valence-corrected chi connectivity index (χ1v) is 7.69. The van der Waals surface area contributed by atoms with E-state index < -0.39 is 0 Å². The molecule has 0 unspecified atom stereocenters. The average Bonchev–Trinajstić information content (AvgIpc) is 3.08. The highest BCUT2D eigenvalue weighted by Gasteiger charge is 2.16. The fraction of sp³-hybridized carbons (Fsp3) is 0.533. The standard InChI is InChI=1S/C15H21N5O2/c21-12-4-9-20(10-5-12)8-2-7-17-14-13(3-1-6-16-14)15-18-11-22-19-15/h1,3,6,11-12,21H,2,4-5,7-10H2,(H,16,17). The largest absolute Gasteiger partial charge is 0.393 e. The fourth-order valence-corrected chi connectivity index (χ4v) is 2.67. The Morgan fingerprint density at radius 3 is 2.95 bits per heavy atom. The maximum absolute atomic E-state index is 9.50. The number of aliphatic hydroxyl groups is 1. The van der Waals surface area contributed by atoms with E-state index in [1.807, 2.05) is 12.1 Å². The summed E-state index contributed by atoms with van der Waals surface area (Å²) in [5, 5.41) is 16.7. The molecule has 0 spiro atoms. The summed E-state index contributed by atoms with van der Waals surface area (Å²) in [6.45, 7) is 3.84. The Bertz CT molecular complexity index is 567. The summed E-state index contributed by atoms with van der Waals surface area (Å²) in [7, 11) is 0. The summed E-state index contributed by atoms with van der Waals surface area (Å²) in [5.74, 6) is 1.32. The number of aliphatic hydroxyl groups excluding tert-OH is 1. The van der Waals surface area contributed by atoms with Crippen LogP contribution in [0.2, 0.25) is 0 Å². The number of rotatable bonds is 6. The van der Waals surface area contributed by atoms with Crippen molar-refractivity contribution in [1.82, 2.24) is 20.0 Å². The van der Waals surface area contributed by atoms with E-state index in [1.54, 1.807) is 6.20 Å². The third kappa shape index (κ3) is 3.80. The van der Waals surface area contributed by atoms with Crippen molar-refractivity contribution in [1.29, 1.82) is 0 Å². The number of likely N-dealkylation sites (tertiary alicyclic amines) is 1. The third-order valence-corrected chi connectivity index (χ3v) is 3.91. The predicted octanol–water partition coefficient (Wildman–Crippen LogP) is 1.39. The zero-order chi connectivity index (χ0) is 15.2. The van der Waals surface area contributed by atoms with E-state index in [-0.39, 0.29) is 6.10 Å². The van der Waals surface area contributed by atoms with E-state index in [0.717, 1.165) is 56.8 Å². The van der Waals surface area contributed by atoms with Crippen molar-refractivity contribution in [3.8, 4) is 11.4 Å². The second-order valence-electron chi connectivity index (χ2n) is 5.51. The summed E-state index contributed by atoms with van der Waals surface area (Å²) >= 11 is 0. The lowest BCUT2D eigenvalue weighted by molar-refractivity contribution is 0.0825. The van der Waals surface area contributed by atoms with Gasteiger partial charge in [0.15, 0.2) is 0 Å². The van der Waals surface area contributed by atoms with E-state index >= 15 is 0 Å². The fourth-order valence-electron chi connectivity index (χ4n) is 2.67. The van der Waals surface area contributed by atoms with Crippen molar-refractivity contribution in [2.75, 3.05) is 31.5 Å². The van der Waals surface area contributed by atoms with Gasteiger partial charge in [-0.15, -0.1) is 0 Å². The lowest BCUT2D eigenvalue weighted by Crippen LogP contribution is -2.36. The lowest BCUT2D eigenvalue weighted by atomic mass is 10.1. The van der Waals surface area contributed by atoms with Crippen molar-refractivity contribution < 1.29 is 9.63 Å². The molecule has 1 aliphatic heterocycles. The van der Waals surface area contributed by atoms with Crippen LogP contribution >= 0.6 is 0 Å². The van der Waals surface area contributed by atoms with Crippen LogP contribution in [-0.4, -0.2) is 57.4 Å². The molecule has 3 rings (SSSR count). The number of nitrogens with one attached hydrogen (secondary N) is 1. The highest BCUT2D eigenvalue weighted by atomic mass is 16.5. The number of pyridine rings is 1. The van der Waals surface area contributed by atoms with Gasteiger partial charge in [-0.05, 0) is 37.9 Å². The molecule has 7 heteroatoms. The molecule has 0 atom stereocenters. The van der Waals surface area contributed by atoms with Crippen molar-refractivity contribution >= 4 is 5.82 Å². The van der Waals surface area contributed by atoms with E-state index in [9.17, 15) is 5.11 Å². The van der Waals surface area contributed by atoms with Crippen molar-refractivity contribution in [2.24, 2.45) is 0 Å². The molecule has 7 nitrogen and oxygen atoms in total. The maximum atomic E-state index is 9.50. The minimum absolute atomic E-state index is 0.111. The first-order chi connectivity index (χ1) is 10.8. The summed E-state index contributed by atoms with van der Waals surface area (Å²) in [6, 6.07) is 3.78. The second kappa shape index (κ2) is 7.33. The highest BCUT2D eigenvalue weighted by molar-refractivity contribution is 5.69. The molecule has 118 valence electrons. The van der Waals surface area contributed by atoms with Gasteiger partial charge in [0.05, 0.1) is 11.7 Å². The maximum Gasteiger partial charge on any atom is 0.214 e. The van der Waals surface area contributed by atoms with Crippen LogP contribution in [0.3, 0.4) is 0 Å². The Hall–Kier alpha value is -1.99. The van der Waals surface area contributed by atoms with Crippen molar-refractivity contribution in [2.45, 2.75) is 25.4 Å². The van der Waals surface area contributed by atoms with E-state index in [4.69, 9.17) is 4.52 Å². The van der Waals surface area contributed by atoms with Gasteiger partial charge >= 0.3 is 0 Å². The van der Waals surface area contributed by atoms with Gasteiger partial charge in [0.25, 0.3) is 0 Å². The molecule has 2 N–H and O–H groups in total. The minimum atomic E-state index is -0.111. The Morgan fingerprint density at radius 2 is 2.18 bits per heavy atom. The Kier molecular flexibility index (Phi) is 4.97. The van der Waals surface area contributed by atoms with Gasteiger partial charge in [-0.25, -0.2) is 4.98 Å². The van der Waals surface area contributed by atoms with Crippen LogP contribution in [0.4, 0.5) is 5.82 Å². The van der Waals surface area contributed by atoms with Gasteiger partial charge in [0.2, 0.25) is 12.2 Å². The summed E-state index contributed by atoms with van der Waals surface area (Å²) in [4.78, 5) is 10.8. The number of nitrogens with zero attached hydrogens (tertiary/aromatic N) is 4. The Morgan fingerprint density at radius 1 is 1.32 bits per heavy atom. The van der Waals surface area contributed by atoms with Crippen LogP contribution in [-0.2, 0) is 0 Å². The summed E-state index contributed by atoms with van der Waals surface area (Å²) in [5.41, 5.74) is 0.845. The van der Waals surface area contributed by atoms with E-state index in [1.165, 1.54) is 6.39 Å². The molecule has 3 heterocycles. The Balaban J connectivity index is 1.48. The summed E-state index contributed by atoms with van der Waals surface area (Å²) in [6.07, 6.45) is 5.75. The number of aromatic nitrogens is 3. The molecule has 0 aromatic carbocycles. The second-order valence-corrected chi connectivity index (χ2v) is 5.51. The number of anilines is 1. The molecule has 1 fully saturated rings. The highest BCUT2D eigenvalue weighted by Crippen LogP contribution is 2.22. The molecule has 2 aromatic rings. The molecule has 0 amide bonds. The molecule has 0 bridgehead atoms. The number of hydrogen-bond acceptors (Lipinski definition) is 7. The minimum Gasteiger partial charge on any atom is -0.393 e. The smallest absolute Gasteiger partial charge is 0.214 e. The van der Waals surface area contributed by atoms with Gasteiger partial charge in [0.1, 0.15) is 5.82 Å². The predicted molar refractivity (Wildman–Crippen MR) is 82.3 cm³/mol. The number of hydrogen-bond donors (Lipinski definition) is 2. The molecule has 0 saturated carbocycles. The quantitative estimate of drug-likeness (QED) is 0.780. The topological polar surface area (TPSA) is 87.3 Å². The molecular formula is C15H21N5O2. The van der Waals surface area contributed by atoms with Crippen molar-refractivity contribution in [3.05, 3.63) is 24.7 Å². The Labute approximate surface area is 129 Å². The lowest BCUT2D eigenvalue weighted by Gasteiger charge is -2.29. The van der Waals surface area contributed by atoms with Crippen LogP contribution in [0, 0.1) is 0 Å². The van der Waals surface area contributed by atoms with Crippen molar-refractivity contribution in [3.63, 3.8) is 0 Å².